The lowest BCUT2D eigenvalue weighted by Gasteiger charge is -2.18. The van der Waals surface area contributed by atoms with Gasteiger partial charge in [-0.15, -0.1) is 0 Å². The van der Waals surface area contributed by atoms with Gasteiger partial charge in [0.1, 0.15) is 17.5 Å². The largest absolute Gasteiger partial charge is 0.468 e. The van der Waals surface area contributed by atoms with Gasteiger partial charge < -0.3 is 10.2 Å². The van der Waals surface area contributed by atoms with E-state index in [1.165, 1.54) is 35.4 Å². The van der Waals surface area contributed by atoms with Crippen LogP contribution in [0.1, 0.15) is 27.6 Å². The van der Waals surface area contributed by atoms with Gasteiger partial charge >= 0.3 is 0 Å². The number of nitrogens with two attached hydrogens (primary N) is 1. The number of primary amides is 1. The van der Waals surface area contributed by atoms with Crippen LogP contribution in [0, 0.1) is 5.82 Å². The molecule has 0 spiro atoms. The van der Waals surface area contributed by atoms with Crippen molar-refractivity contribution in [1.82, 2.24) is 0 Å². The summed E-state index contributed by atoms with van der Waals surface area (Å²) in [5.74, 6) is -1.42. The molecular formula is C19H13FN2O3. The molecule has 0 radical (unpaired) electrons. The van der Waals surface area contributed by atoms with Crippen LogP contribution in [-0.2, 0) is 4.79 Å². The third-order valence-corrected chi connectivity index (χ3v) is 4.24. The fraction of sp³-hybridized carbons (Fsp3) is 0.0526. The number of carbonyl (C=O) groups excluding carboxylic acids is 2. The number of nitrogens with zero attached hydrogens (tertiary/aromatic N) is 1. The van der Waals surface area contributed by atoms with Crippen LogP contribution in [0.3, 0.4) is 0 Å². The number of hydrogen-bond donors (Lipinski definition) is 1. The summed E-state index contributed by atoms with van der Waals surface area (Å²) in [5.41, 5.74) is 7.45. The van der Waals surface area contributed by atoms with Crippen molar-refractivity contribution in [2.24, 2.45) is 5.73 Å². The molecule has 1 aromatic heterocycles. The van der Waals surface area contributed by atoms with Crippen LogP contribution in [0.15, 0.2) is 65.3 Å². The van der Waals surface area contributed by atoms with E-state index in [0.29, 0.717) is 28.3 Å². The molecule has 25 heavy (non-hydrogen) atoms. The Morgan fingerprint density at radius 2 is 1.88 bits per heavy atom. The van der Waals surface area contributed by atoms with Crippen LogP contribution in [-0.4, -0.2) is 11.8 Å². The van der Waals surface area contributed by atoms with Crippen molar-refractivity contribution in [3.63, 3.8) is 0 Å². The smallest absolute Gasteiger partial charge is 0.248 e. The molecule has 5 nitrogen and oxygen atoms in total. The maximum absolute atomic E-state index is 13.2. The number of amides is 2. The number of hydrogen-bond acceptors (Lipinski definition) is 3. The molecule has 6 heteroatoms. The Balaban J connectivity index is 1.90. The summed E-state index contributed by atoms with van der Waals surface area (Å²) >= 11 is 0. The number of carbonyl (C=O) groups is 2. The van der Waals surface area contributed by atoms with Gasteiger partial charge in [-0.05, 0) is 60.2 Å². The quantitative estimate of drug-likeness (QED) is 0.797. The van der Waals surface area contributed by atoms with Crippen LogP contribution in [0.2, 0.25) is 0 Å². The van der Waals surface area contributed by atoms with Gasteiger partial charge in [-0.2, -0.15) is 0 Å². The van der Waals surface area contributed by atoms with Gasteiger partial charge in [0.15, 0.2) is 0 Å². The Morgan fingerprint density at radius 1 is 1.12 bits per heavy atom. The molecule has 2 N–H and O–H groups in total. The minimum absolute atomic E-state index is 0.238. The van der Waals surface area contributed by atoms with Crippen LogP contribution in [0.4, 0.5) is 15.8 Å². The molecule has 0 bridgehead atoms. The fourth-order valence-electron chi connectivity index (χ4n) is 3.11. The summed E-state index contributed by atoms with van der Waals surface area (Å²) in [6.45, 7) is 0. The summed E-state index contributed by atoms with van der Waals surface area (Å²) in [7, 11) is 0. The molecule has 1 unspecified atom stereocenters. The zero-order valence-corrected chi connectivity index (χ0v) is 13.0. The second-order valence-corrected chi connectivity index (χ2v) is 5.74. The fourth-order valence-corrected chi connectivity index (χ4v) is 3.11. The minimum Gasteiger partial charge on any atom is -0.468 e. The summed E-state index contributed by atoms with van der Waals surface area (Å²) < 4.78 is 18.7. The Kier molecular flexibility index (Phi) is 3.39. The van der Waals surface area contributed by atoms with E-state index in [1.54, 1.807) is 30.3 Å². The highest BCUT2D eigenvalue weighted by atomic mass is 19.1. The van der Waals surface area contributed by atoms with Crippen LogP contribution in [0.25, 0.3) is 0 Å². The zero-order chi connectivity index (χ0) is 17.6. The van der Waals surface area contributed by atoms with Gasteiger partial charge in [-0.3, -0.25) is 14.5 Å². The average molecular weight is 336 g/mol. The third-order valence-electron chi connectivity index (χ3n) is 4.24. The topological polar surface area (TPSA) is 76.5 Å². The predicted octanol–water partition coefficient (Wildman–Crippen LogP) is 3.33. The number of rotatable bonds is 3. The van der Waals surface area contributed by atoms with Crippen molar-refractivity contribution >= 4 is 23.2 Å². The lowest BCUT2D eigenvalue weighted by atomic mass is 9.96. The van der Waals surface area contributed by atoms with Crippen molar-refractivity contribution in [1.29, 1.82) is 0 Å². The van der Waals surface area contributed by atoms with E-state index in [9.17, 15) is 14.0 Å². The van der Waals surface area contributed by atoms with E-state index in [2.05, 4.69) is 0 Å². The maximum atomic E-state index is 13.2. The molecular weight excluding hydrogens is 323 g/mol. The molecule has 124 valence electrons. The van der Waals surface area contributed by atoms with E-state index >= 15 is 0 Å². The number of fused-ring (bicyclic) bond motifs is 1. The first-order valence-electron chi connectivity index (χ1n) is 7.63. The molecule has 0 saturated carbocycles. The van der Waals surface area contributed by atoms with E-state index in [-0.39, 0.29) is 11.7 Å². The number of benzene rings is 2. The predicted molar refractivity (Wildman–Crippen MR) is 89.1 cm³/mol. The molecule has 1 aliphatic rings. The highest BCUT2D eigenvalue weighted by molar-refractivity contribution is 6.12. The number of furan rings is 1. The summed E-state index contributed by atoms with van der Waals surface area (Å²) in [4.78, 5) is 26.1. The Labute approximate surface area is 142 Å². The highest BCUT2D eigenvalue weighted by Gasteiger charge is 2.41. The van der Waals surface area contributed by atoms with Crippen molar-refractivity contribution in [2.45, 2.75) is 5.92 Å². The maximum Gasteiger partial charge on any atom is 0.248 e. The van der Waals surface area contributed by atoms with Gasteiger partial charge in [0.05, 0.1) is 12.0 Å². The second-order valence-electron chi connectivity index (χ2n) is 5.74. The van der Waals surface area contributed by atoms with Gasteiger partial charge in [-0.1, -0.05) is 0 Å². The van der Waals surface area contributed by atoms with Crippen molar-refractivity contribution in [3.05, 3.63) is 83.6 Å². The van der Waals surface area contributed by atoms with Crippen molar-refractivity contribution in [3.8, 4) is 0 Å². The van der Waals surface area contributed by atoms with E-state index in [4.69, 9.17) is 10.2 Å². The summed E-state index contributed by atoms with van der Waals surface area (Å²) in [5, 5.41) is 0. The number of anilines is 2. The van der Waals surface area contributed by atoms with Gasteiger partial charge in [0.2, 0.25) is 11.8 Å². The van der Waals surface area contributed by atoms with Crippen LogP contribution >= 0.6 is 0 Å². The Hall–Kier alpha value is -3.41. The van der Waals surface area contributed by atoms with Crippen LogP contribution < -0.4 is 10.6 Å². The zero-order valence-electron chi connectivity index (χ0n) is 13.0. The summed E-state index contributed by atoms with van der Waals surface area (Å²) in [6, 6.07) is 13.9. The minimum atomic E-state index is -0.686. The first-order valence-corrected chi connectivity index (χ1v) is 7.63. The molecule has 3 aromatic rings. The molecule has 2 aromatic carbocycles. The highest BCUT2D eigenvalue weighted by Crippen LogP contribution is 2.45. The van der Waals surface area contributed by atoms with E-state index < -0.39 is 11.8 Å². The molecule has 0 fully saturated rings. The third kappa shape index (κ3) is 2.39. The lowest BCUT2D eigenvalue weighted by molar-refractivity contribution is -0.118. The second kappa shape index (κ2) is 5.59. The number of halogens is 1. The van der Waals surface area contributed by atoms with Crippen LogP contribution in [0.5, 0.6) is 0 Å². The Bertz CT molecular complexity index is 965. The van der Waals surface area contributed by atoms with E-state index in [1.807, 2.05) is 0 Å². The van der Waals surface area contributed by atoms with Gasteiger partial charge in [-0.25, -0.2) is 4.39 Å². The lowest BCUT2D eigenvalue weighted by Crippen LogP contribution is -2.24. The van der Waals surface area contributed by atoms with Gasteiger partial charge in [0, 0.05) is 11.3 Å². The molecule has 2 heterocycles. The summed E-state index contributed by atoms with van der Waals surface area (Å²) in [6.07, 6.45) is 1.49. The van der Waals surface area contributed by atoms with Crippen molar-refractivity contribution in [2.75, 3.05) is 4.90 Å². The standard InChI is InChI=1S/C19H13FN2O3/c20-12-4-6-13(7-5-12)22-15-8-3-11(18(21)23)10-14(15)17(19(22)24)16-2-1-9-25-16/h1-10,17H,(H2,21,23). The molecule has 1 aliphatic heterocycles. The molecule has 0 aliphatic carbocycles. The first-order chi connectivity index (χ1) is 12.1. The normalized spacial score (nSPS) is 16.1. The first kappa shape index (κ1) is 15.1. The Morgan fingerprint density at radius 3 is 2.52 bits per heavy atom. The average Bonchev–Trinajstić information content (AvgIpc) is 3.20. The SMILES string of the molecule is NC(=O)c1ccc2c(c1)C(c1ccco1)C(=O)N2c1ccc(F)cc1. The molecule has 1 atom stereocenters. The van der Waals surface area contributed by atoms with E-state index in [0.717, 1.165) is 0 Å². The monoisotopic (exact) mass is 336 g/mol. The molecule has 2 amide bonds. The van der Waals surface area contributed by atoms with Crippen molar-refractivity contribution < 1.29 is 18.4 Å². The van der Waals surface area contributed by atoms with Gasteiger partial charge in [0.25, 0.3) is 0 Å². The molecule has 4 rings (SSSR count). The molecule has 0 saturated heterocycles.